The van der Waals surface area contributed by atoms with Gasteiger partial charge in [-0.2, -0.15) is 0 Å². The zero-order chi connectivity index (χ0) is 9.59. The average Bonchev–Trinajstić information content (AvgIpc) is 2.42. The van der Waals surface area contributed by atoms with Crippen molar-refractivity contribution >= 4 is 46.0 Å². The predicted molar refractivity (Wildman–Crippen MR) is 49.8 cm³/mol. The molecule has 0 aliphatic carbocycles. The van der Waals surface area contributed by atoms with Crippen LogP contribution in [0.4, 0.5) is 0 Å². The second kappa shape index (κ2) is 2.94. The monoisotopic (exact) mass is 238 g/mol. The molecule has 0 amide bonds. The lowest BCUT2D eigenvalue weighted by atomic mass is 10.3. The number of hydrogen-bond acceptors (Lipinski definition) is 3. The first-order valence-corrected chi connectivity index (χ1v) is 4.30. The molecule has 0 atom stereocenters. The summed E-state index contributed by atoms with van der Waals surface area (Å²) in [4.78, 5) is 10.7. The summed E-state index contributed by atoms with van der Waals surface area (Å²) in [7, 11) is 0. The molecule has 0 spiro atoms. The van der Waals surface area contributed by atoms with Crippen molar-refractivity contribution in [2.24, 2.45) is 0 Å². The van der Waals surface area contributed by atoms with Crippen LogP contribution in [0.15, 0.2) is 19.7 Å². The summed E-state index contributed by atoms with van der Waals surface area (Å²) in [5.74, 6) is -0.838. The molecule has 0 aliphatic rings. The standard InChI is InChI=1S/C7HCl3O3/c8-2-1-3-6(5(10)4(2)9)13-7(11)12-3/h1H. The molecule has 0 saturated carbocycles. The number of halogens is 3. The van der Waals surface area contributed by atoms with Gasteiger partial charge in [0.15, 0.2) is 11.2 Å². The molecule has 2 aromatic rings. The summed E-state index contributed by atoms with van der Waals surface area (Å²) < 4.78 is 9.27. The molecule has 68 valence electrons. The second-order valence-electron chi connectivity index (χ2n) is 2.27. The van der Waals surface area contributed by atoms with Crippen LogP contribution < -0.4 is 5.82 Å². The highest BCUT2D eigenvalue weighted by atomic mass is 35.5. The SMILES string of the molecule is O=c1oc2cc(Cl)c(Cl)c(Cl)c2o1. The van der Waals surface area contributed by atoms with Crippen molar-refractivity contribution in [3.8, 4) is 0 Å². The van der Waals surface area contributed by atoms with Gasteiger partial charge in [0.05, 0.1) is 10.0 Å². The summed E-state index contributed by atoms with van der Waals surface area (Å²) in [6, 6.07) is 1.37. The summed E-state index contributed by atoms with van der Waals surface area (Å²) in [5, 5.41) is 0.430. The largest absolute Gasteiger partial charge is 0.519 e. The van der Waals surface area contributed by atoms with Crippen molar-refractivity contribution < 1.29 is 8.83 Å². The Morgan fingerprint density at radius 1 is 1.08 bits per heavy atom. The summed E-state index contributed by atoms with van der Waals surface area (Å²) >= 11 is 17.1. The fourth-order valence-corrected chi connectivity index (χ4v) is 1.54. The molecule has 0 fully saturated rings. The van der Waals surface area contributed by atoms with Gasteiger partial charge in [-0.15, -0.1) is 0 Å². The molecule has 3 nitrogen and oxygen atoms in total. The van der Waals surface area contributed by atoms with E-state index in [2.05, 4.69) is 8.83 Å². The van der Waals surface area contributed by atoms with Gasteiger partial charge in [0.25, 0.3) is 0 Å². The summed E-state index contributed by atoms with van der Waals surface area (Å²) in [5.41, 5.74) is 0.297. The first-order valence-electron chi connectivity index (χ1n) is 3.16. The van der Waals surface area contributed by atoms with E-state index in [9.17, 15) is 4.79 Å². The molecule has 0 N–H and O–H groups in total. The minimum absolute atomic E-state index is 0.0787. The average molecular weight is 239 g/mol. The van der Waals surface area contributed by atoms with Crippen LogP contribution >= 0.6 is 34.8 Å². The van der Waals surface area contributed by atoms with E-state index >= 15 is 0 Å². The molecular weight excluding hydrogens is 238 g/mol. The number of benzene rings is 1. The van der Waals surface area contributed by atoms with Gasteiger partial charge in [0.2, 0.25) is 0 Å². The van der Waals surface area contributed by atoms with E-state index in [1.54, 1.807) is 0 Å². The van der Waals surface area contributed by atoms with Gasteiger partial charge < -0.3 is 8.83 Å². The quantitative estimate of drug-likeness (QED) is 0.662. The number of rotatable bonds is 0. The molecule has 0 radical (unpaired) electrons. The molecule has 1 aromatic heterocycles. The lowest BCUT2D eigenvalue weighted by Gasteiger charge is -1.96. The topological polar surface area (TPSA) is 43.4 Å². The van der Waals surface area contributed by atoms with Crippen LogP contribution in [0, 0.1) is 0 Å². The van der Waals surface area contributed by atoms with Crippen molar-refractivity contribution in [2.45, 2.75) is 0 Å². The smallest absolute Gasteiger partial charge is 0.391 e. The van der Waals surface area contributed by atoms with Gasteiger partial charge >= 0.3 is 5.82 Å². The maximum Gasteiger partial charge on any atom is 0.519 e. The van der Waals surface area contributed by atoms with Crippen LogP contribution in [0.1, 0.15) is 0 Å². The molecule has 2 rings (SSSR count). The van der Waals surface area contributed by atoms with Crippen LogP contribution in [0.5, 0.6) is 0 Å². The van der Waals surface area contributed by atoms with Gasteiger partial charge in [-0.05, 0) is 0 Å². The third-order valence-electron chi connectivity index (χ3n) is 1.46. The highest BCUT2D eigenvalue weighted by molar-refractivity contribution is 6.50. The van der Waals surface area contributed by atoms with Crippen LogP contribution in [-0.2, 0) is 0 Å². The maximum atomic E-state index is 10.7. The minimum Gasteiger partial charge on any atom is -0.391 e. The minimum atomic E-state index is -0.838. The number of hydrogen-bond donors (Lipinski definition) is 0. The highest BCUT2D eigenvalue weighted by Gasteiger charge is 2.14. The van der Waals surface area contributed by atoms with Crippen LogP contribution in [0.25, 0.3) is 11.2 Å². The van der Waals surface area contributed by atoms with Gasteiger partial charge in [0.1, 0.15) is 5.02 Å². The first-order chi connectivity index (χ1) is 6.09. The Bertz CT molecular complexity index is 525. The Hall–Kier alpha value is -0.640. The van der Waals surface area contributed by atoms with E-state index in [0.717, 1.165) is 0 Å². The van der Waals surface area contributed by atoms with Gasteiger partial charge in [-0.1, -0.05) is 34.8 Å². The van der Waals surface area contributed by atoms with E-state index in [4.69, 9.17) is 34.8 Å². The van der Waals surface area contributed by atoms with E-state index in [1.165, 1.54) is 6.07 Å². The Morgan fingerprint density at radius 2 is 1.77 bits per heavy atom. The Balaban J connectivity index is 3.00. The van der Waals surface area contributed by atoms with Gasteiger partial charge in [0, 0.05) is 6.07 Å². The van der Waals surface area contributed by atoms with Crippen molar-refractivity contribution in [2.75, 3.05) is 0 Å². The van der Waals surface area contributed by atoms with Gasteiger partial charge in [-0.3, -0.25) is 0 Å². The molecule has 0 saturated heterocycles. The lowest BCUT2D eigenvalue weighted by molar-refractivity contribution is 0.409. The maximum absolute atomic E-state index is 10.7. The fourth-order valence-electron chi connectivity index (χ4n) is 0.922. The van der Waals surface area contributed by atoms with Crippen LogP contribution in [-0.4, -0.2) is 0 Å². The molecule has 0 unspecified atom stereocenters. The van der Waals surface area contributed by atoms with Crippen molar-refractivity contribution in [1.82, 2.24) is 0 Å². The molecule has 0 aliphatic heterocycles. The third kappa shape index (κ3) is 1.33. The zero-order valence-electron chi connectivity index (χ0n) is 5.94. The van der Waals surface area contributed by atoms with E-state index in [1.807, 2.05) is 0 Å². The van der Waals surface area contributed by atoms with Crippen molar-refractivity contribution in [3.63, 3.8) is 0 Å². The second-order valence-corrected chi connectivity index (χ2v) is 3.43. The van der Waals surface area contributed by atoms with Crippen molar-refractivity contribution in [1.29, 1.82) is 0 Å². The molecule has 13 heavy (non-hydrogen) atoms. The van der Waals surface area contributed by atoms with Crippen LogP contribution in [0.3, 0.4) is 0 Å². The van der Waals surface area contributed by atoms with Gasteiger partial charge in [-0.25, -0.2) is 4.79 Å². The zero-order valence-corrected chi connectivity index (χ0v) is 8.20. The number of fused-ring (bicyclic) bond motifs is 1. The summed E-state index contributed by atoms with van der Waals surface area (Å²) in [6.07, 6.45) is 0. The molecule has 1 heterocycles. The Morgan fingerprint density at radius 3 is 2.46 bits per heavy atom. The van der Waals surface area contributed by atoms with E-state index < -0.39 is 5.82 Å². The van der Waals surface area contributed by atoms with E-state index in [0.29, 0.717) is 0 Å². The Kier molecular flexibility index (Phi) is 2.02. The first kappa shape index (κ1) is 8.94. The Labute approximate surface area is 86.8 Å². The molecule has 6 heteroatoms. The fraction of sp³-hybridized carbons (Fsp3) is 0. The third-order valence-corrected chi connectivity index (χ3v) is 2.71. The highest BCUT2D eigenvalue weighted by Crippen LogP contribution is 2.36. The molecular formula is C7HCl3O3. The molecule has 0 bridgehead atoms. The summed E-state index contributed by atoms with van der Waals surface area (Å²) in [6.45, 7) is 0. The predicted octanol–water partition coefficient (Wildman–Crippen LogP) is 3.35. The lowest BCUT2D eigenvalue weighted by Crippen LogP contribution is -1.84. The van der Waals surface area contributed by atoms with Crippen molar-refractivity contribution in [3.05, 3.63) is 31.8 Å². The van der Waals surface area contributed by atoms with E-state index in [-0.39, 0.29) is 26.2 Å². The van der Waals surface area contributed by atoms with Crippen LogP contribution in [0.2, 0.25) is 15.1 Å². The molecule has 1 aromatic carbocycles. The normalized spacial score (nSPS) is 11.0.